The normalized spacial score (nSPS) is 15.8. The predicted octanol–water partition coefficient (Wildman–Crippen LogP) is 1.42. The Morgan fingerprint density at radius 1 is 1.41 bits per heavy atom. The average molecular weight is 303 g/mol. The second-order valence-corrected chi connectivity index (χ2v) is 5.00. The molecule has 0 N–H and O–H groups in total. The Morgan fingerprint density at radius 3 is 2.91 bits per heavy atom. The molecular weight excluding hydrogens is 286 g/mol. The Labute approximate surface area is 127 Å². The van der Waals surface area contributed by atoms with Crippen LogP contribution in [0.1, 0.15) is 42.2 Å². The van der Waals surface area contributed by atoms with Crippen molar-refractivity contribution in [2.24, 2.45) is 0 Å². The number of piperidine rings is 1. The maximum atomic E-state index is 11.5. The van der Waals surface area contributed by atoms with Crippen molar-refractivity contribution in [3.8, 4) is 0 Å². The summed E-state index contributed by atoms with van der Waals surface area (Å²) in [5, 5.41) is 3.91. The minimum atomic E-state index is -0.571. The average Bonchev–Trinajstić information content (AvgIpc) is 3.06. The number of carbonyl (C=O) groups is 1. The summed E-state index contributed by atoms with van der Waals surface area (Å²) in [6.45, 7) is 3.70. The van der Waals surface area contributed by atoms with Crippen LogP contribution in [0.5, 0.6) is 0 Å². The van der Waals surface area contributed by atoms with Gasteiger partial charge in [-0.05, 0) is 19.8 Å². The van der Waals surface area contributed by atoms with Gasteiger partial charge in [0.2, 0.25) is 0 Å². The van der Waals surface area contributed by atoms with E-state index in [0.29, 0.717) is 5.82 Å². The van der Waals surface area contributed by atoms with Gasteiger partial charge in [0.1, 0.15) is 5.82 Å². The minimum Gasteiger partial charge on any atom is -0.459 e. The van der Waals surface area contributed by atoms with Crippen LogP contribution in [0, 0.1) is 0 Å². The first kappa shape index (κ1) is 14.4. The third-order valence-electron chi connectivity index (χ3n) is 3.63. The summed E-state index contributed by atoms with van der Waals surface area (Å²) in [5.41, 5.74) is 0. The third kappa shape index (κ3) is 3.05. The van der Waals surface area contributed by atoms with Crippen molar-refractivity contribution in [1.82, 2.24) is 20.1 Å². The number of rotatable bonds is 4. The molecule has 116 valence electrons. The number of carbonyl (C=O) groups excluding carboxylic acids is 1. The Bertz CT molecular complexity index is 622. The van der Waals surface area contributed by atoms with E-state index in [9.17, 15) is 4.79 Å². The van der Waals surface area contributed by atoms with Crippen LogP contribution in [0.25, 0.3) is 0 Å². The smallest absolute Gasteiger partial charge is 0.397 e. The lowest BCUT2D eigenvalue weighted by Crippen LogP contribution is -2.33. The van der Waals surface area contributed by atoms with Gasteiger partial charge in [-0.1, -0.05) is 5.16 Å². The molecule has 1 aliphatic heterocycles. The van der Waals surface area contributed by atoms with Crippen LogP contribution in [0.15, 0.2) is 23.1 Å². The van der Waals surface area contributed by atoms with E-state index in [1.165, 1.54) is 0 Å². The lowest BCUT2D eigenvalue weighted by Gasteiger charge is -2.31. The molecule has 0 amide bonds. The fourth-order valence-corrected chi connectivity index (χ4v) is 2.50. The monoisotopic (exact) mass is 303 g/mol. The molecule has 2 aromatic rings. The zero-order valence-electron chi connectivity index (χ0n) is 12.3. The highest BCUT2D eigenvalue weighted by Crippen LogP contribution is 2.27. The maximum absolute atomic E-state index is 11.5. The zero-order valence-corrected chi connectivity index (χ0v) is 12.3. The lowest BCUT2D eigenvalue weighted by molar-refractivity contribution is 0.0470. The van der Waals surface area contributed by atoms with Gasteiger partial charge in [0.25, 0.3) is 0 Å². The highest BCUT2D eigenvalue weighted by Gasteiger charge is 2.27. The van der Waals surface area contributed by atoms with E-state index in [0.717, 1.165) is 31.7 Å². The van der Waals surface area contributed by atoms with Gasteiger partial charge < -0.3 is 14.2 Å². The summed E-state index contributed by atoms with van der Waals surface area (Å²) in [6, 6.07) is 0. The summed E-state index contributed by atoms with van der Waals surface area (Å²) in [5.74, 6) is 0.981. The summed E-state index contributed by atoms with van der Waals surface area (Å²) in [7, 11) is 0. The van der Waals surface area contributed by atoms with Gasteiger partial charge >= 0.3 is 11.9 Å². The van der Waals surface area contributed by atoms with Crippen molar-refractivity contribution in [2.75, 3.05) is 24.6 Å². The van der Waals surface area contributed by atoms with E-state index in [-0.39, 0.29) is 18.4 Å². The van der Waals surface area contributed by atoms with Crippen molar-refractivity contribution >= 4 is 11.8 Å². The van der Waals surface area contributed by atoms with Gasteiger partial charge in [-0.3, -0.25) is 4.98 Å². The lowest BCUT2D eigenvalue weighted by atomic mass is 9.96. The number of aromatic nitrogens is 4. The summed E-state index contributed by atoms with van der Waals surface area (Å²) >= 11 is 0. The molecule has 0 radical (unpaired) electrons. The largest absolute Gasteiger partial charge is 0.459 e. The van der Waals surface area contributed by atoms with E-state index in [1.807, 2.05) is 0 Å². The van der Waals surface area contributed by atoms with Gasteiger partial charge in [0.15, 0.2) is 5.82 Å². The molecule has 0 aromatic carbocycles. The SMILES string of the molecule is CCOC(=O)c1nc(C2CCN(c3cnccn3)CC2)no1. The zero-order chi connectivity index (χ0) is 15.4. The quantitative estimate of drug-likeness (QED) is 0.783. The van der Waals surface area contributed by atoms with Crippen LogP contribution in [0.3, 0.4) is 0 Å². The van der Waals surface area contributed by atoms with Gasteiger partial charge in [-0.15, -0.1) is 0 Å². The van der Waals surface area contributed by atoms with Crippen molar-refractivity contribution in [3.05, 3.63) is 30.3 Å². The number of hydrogen-bond donors (Lipinski definition) is 0. The van der Waals surface area contributed by atoms with Gasteiger partial charge in [0.05, 0.1) is 12.8 Å². The molecule has 1 fully saturated rings. The molecule has 1 aliphatic rings. The molecule has 0 unspecified atom stereocenters. The number of anilines is 1. The van der Waals surface area contributed by atoms with Gasteiger partial charge in [-0.2, -0.15) is 4.98 Å². The number of esters is 1. The molecule has 0 spiro atoms. The van der Waals surface area contributed by atoms with Crippen LogP contribution in [-0.4, -0.2) is 45.8 Å². The molecule has 0 bridgehead atoms. The van der Waals surface area contributed by atoms with E-state index >= 15 is 0 Å². The Morgan fingerprint density at radius 2 is 2.23 bits per heavy atom. The number of ether oxygens (including phenoxy) is 1. The van der Waals surface area contributed by atoms with Crippen LogP contribution >= 0.6 is 0 Å². The van der Waals surface area contributed by atoms with Gasteiger partial charge in [0, 0.05) is 31.4 Å². The van der Waals surface area contributed by atoms with Crippen LogP contribution in [-0.2, 0) is 4.74 Å². The summed E-state index contributed by atoms with van der Waals surface area (Å²) in [4.78, 5) is 26.2. The maximum Gasteiger partial charge on any atom is 0.397 e. The second-order valence-electron chi connectivity index (χ2n) is 5.00. The molecule has 22 heavy (non-hydrogen) atoms. The first-order valence-electron chi connectivity index (χ1n) is 7.29. The molecule has 8 nitrogen and oxygen atoms in total. The minimum absolute atomic E-state index is 0.0757. The fraction of sp³-hybridized carbons (Fsp3) is 0.500. The molecule has 0 atom stereocenters. The molecule has 0 aliphatic carbocycles. The van der Waals surface area contributed by atoms with E-state index < -0.39 is 5.97 Å². The number of hydrogen-bond acceptors (Lipinski definition) is 8. The molecule has 0 saturated carbocycles. The van der Waals surface area contributed by atoms with E-state index in [4.69, 9.17) is 9.26 Å². The standard InChI is InChI=1S/C14H17N5O3/c1-2-21-14(20)13-17-12(18-22-13)10-3-7-19(8-4-10)11-9-15-5-6-16-11/h5-6,9-10H,2-4,7-8H2,1H3. The topological polar surface area (TPSA) is 94.2 Å². The fourth-order valence-electron chi connectivity index (χ4n) is 2.50. The van der Waals surface area contributed by atoms with Crippen molar-refractivity contribution < 1.29 is 14.1 Å². The van der Waals surface area contributed by atoms with Crippen molar-refractivity contribution in [2.45, 2.75) is 25.7 Å². The summed E-state index contributed by atoms with van der Waals surface area (Å²) in [6.07, 6.45) is 6.85. The van der Waals surface area contributed by atoms with Gasteiger partial charge in [-0.25, -0.2) is 9.78 Å². The van der Waals surface area contributed by atoms with Crippen molar-refractivity contribution in [1.29, 1.82) is 0 Å². The first-order chi connectivity index (χ1) is 10.8. The molecule has 3 rings (SSSR count). The molecule has 3 heterocycles. The van der Waals surface area contributed by atoms with Crippen LogP contribution in [0.4, 0.5) is 5.82 Å². The Kier molecular flexibility index (Phi) is 4.27. The van der Waals surface area contributed by atoms with Crippen LogP contribution in [0.2, 0.25) is 0 Å². The highest BCUT2D eigenvalue weighted by atomic mass is 16.6. The molecule has 8 heteroatoms. The van der Waals surface area contributed by atoms with Crippen LogP contribution < -0.4 is 4.90 Å². The molecule has 1 saturated heterocycles. The van der Waals surface area contributed by atoms with E-state index in [1.54, 1.807) is 25.5 Å². The first-order valence-corrected chi connectivity index (χ1v) is 7.29. The molecular formula is C14H17N5O3. The summed E-state index contributed by atoms with van der Waals surface area (Å²) < 4.78 is 9.82. The van der Waals surface area contributed by atoms with Crippen molar-refractivity contribution in [3.63, 3.8) is 0 Å². The highest BCUT2D eigenvalue weighted by molar-refractivity contribution is 5.83. The Balaban J connectivity index is 1.61. The van der Waals surface area contributed by atoms with E-state index in [2.05, 4.69) is 25.0 Å². The second kappa shape index (κ2) is 6.50. The third-order valence-corrected chi connectivity index (χ3v) is 3.63. The number of nitrogens with zero attached hydrogens (tertiary/aromatic N) is 5. The Hall–Kier alpha value is -2.51. The predicted molar refractivity (Wildman–Crippen MR) is 76.5 cm³/mol. The molecule has 2 aromatic heterocycles.